The maximum absolute atomic E-state index is 13.9. The average Bonchev–Trinajstić information content (AvgIpc) is 0.758. The number of carbonyl (C=O) groups is 6. The Morgan fingerprint density at radius 3 is 0.891 bits per heavy atom. The normalized spacial score (nSPS) is 12.8. The quantitative estimate of drug-likeness (QED) is 0.00517. The molecule has 137 heavy (non-hydrogen) atoms. The Labute approximate surface area is 798 Å². The summed E-state index contributed by atoms with van der Waals surface area (Å²) in [4.78, 5) is 102. The fourth-order valence-electron chi connectivity index (χ4n) is 14.9. The standard InChI is InChI=1S/C53H53N3O10.C50H49N3O10.C7H15N/c1-6-28-63-52(59)40-23-26-45(48(33-40)65-35-37(4)5)55-50(57)38-22-25-44(47(31-38)64-34-36(2)3)54-51(58)39-24-27-46(56(60)61)49(32-39)62-29-30-66-53(41-16-10-7-11-17-41,42-18-12-8-13-19-42)43-20-14-9-15-21-43;1-33(2)31-61-44-28-35(47(54)52-42-24-21-37(49(56)57)30-45(42)62-32-34(3)4)20-23-41(44)51-48(55)36-22-25-43(53(58)59)46(29-36)60-26-27-63-50(38-14-8-5-9-15-38,39-16-10-6-11-17-39)40-18-12-7-13-19-40;1-6-2-4-7(8)5-3-6/h6-27,31-33,36-37H,1,28-30,34-35H2,2-5H3,(H,54,58)(H,55,57);5-25,28-30,33-34H,26-27,31-32H2,1-4H3,(H,51,55)(H,52,54)(H,56,57);6-7H,2-5,8H2,1H3. The average molecular weight is 1860 g/mol. The number of ether oxygens (including phenoxy) is 9. The zero-order chi connectivity index (χ0) is 98.0. The van der Waals surface area contributed by atoms with Crippen LogP contribution < -0.4 is 55.4 Å². The molecule has 712 valence electrons. The Balaban J connectivity index is 0.000000243. The molecule has 0 atom stereocenters. The van der Waals surface area contributed by atoms with E-state index in [4.69, 9.17) is 48.4 Å². The summed E-state index contributed by atoms with van der Waals surface area (Å²) in [6.07, 6.45) is 6.66. The number of nitrogens with zero attached hydrogens (tertiary/aromatic N) is 2. The number of anilines is 4. The van der Waals surface area contributed by atoms with E-state index in [1.165, 1.54) is 135 Å². The fourth-order valence-corrected chi connectivity index (χ4v) is 14.9. The number of carboxylic acids is 1. The molecule has 0 radical (unpaired) electrons. The van der Waals surface area contributed by atoms with Gasteiger partial charge >= 0.3 is 23.3 Å². The van der Waals surface area contributed by atoms with E-state index in [-0.39, 0.29) is 166 Å². The zero-order valence-corrected chi connectivity index (χ0v) is 78.3. The molecule has 1 saturated carbocycles. The third-order valence-electron chi connectivity index (χ3n) is 21.8. The second-order valence-corrected chi connectivity index (χ2v) is 34.5. The molecule has 27 heteroatoms. The van der Waals surface area contributed by atoms with Crippen molar-refractivity contribution in [1.29, 1.82) is 0 Å². The van der Waals surface area contributed by atoms with Gasteiger partial charge in [-0.2, -0.15) is 0 Å². The van der Waals surface area contributed by atoms with Crippen molar-refractivity contribution in [3.8, 4) is 34.5 Å². The maximum atomic E-state index is 13.9. The third kappa shape index (κ3) is 28.4. The van der Waals surface area contributed by atoms with E-state index < -0.39 is 56.6 Å². The lowest BCUT2D eigenvalue weighted by molar-refractivity contribution is -0.386. The molecule has 0 heterocycles. The number of esters is 1. The van der Waals surface area contributed by atoms with Gasteiger partial charge in [0.15, 0.2) is 11.5 Å². The number of nitro benzene ring substituents is 2. The van der Waals surface area contributed by atoms with E-state index in [1.54, 1.807) is 6.07 Å². The molecule has 27 nitrogen and oxygen atoms in total. The van der Waals surface area contributed by atoms with E-state index in [2.05, 4.69) is 34.8 Å². The Kier molecular flexibility index (Phi) is 37.4. The molecule has 0 unspecified atom stereocenters. The minimum atomic E-state index is -1.14. The highest BCUT2D eigenvalue weighted by Gasteiger charge is 2.40. The Morgan fingerprint density at radius 1 is 0.372 bits per heavy atom. The number of nitrogens with one attached hydrogen (secondary N) is 4. The summed E-state index contributed by atoms with van der Waals surface area (Å²) in [5.74, 6) is -1.87. The SMILES string of the molecule is C=CCOC(=O)c1ccc(NC(=O)c2ccc(NC(=O)c3ccc([N+](=O)[O-])c(OCCOC(c4ccccc4)(c4ccccc4)c4ccccc4)c3)c(OCC(C)C)c2)c(OCC(C)C)c1.CC(C)COc1cc(C(=O)O)ccc1NC(=O)c1ccc(NC(=O)c2ccc([N+](=O)[O-])c(OCCOC(c3ccccc3)(c3ccccc3)c3ccccc3)c2)c(OCC(C)C)c1.CC1CCC(N)CC1. The van der Waals surface area contributed by atoms with Crippen molar-refractivity contribution < 1.29 is 86.4 Å². The van der Waals surface area contributed by atoms with E-state index in [0.29, 0.717) is 24.9 Å². The summed E-state index contributed by atoms with van der Waals surface area (Å²) < 4.78 is 54.8. The van der Waals surface area contributed by atoms with Gasteiger partial charge in [0.05, 0.1) is 83.4 Å². The molecular weight excluding hydrogens is 1740 g/mol. The maximum Gasteiger partial charge on any atom is 0.338 e. The van der Waals surface area contributed by atoms with Crippen molar-refractivity contribution in [2.75, 3.05) is 80.7 Å². The van der Waals surface area contributed by atoms with Gasteiger partial charge in [-0.05, 0) is 174 Å². The van der Waals surface area contributed by atoms with Crippen LogP contribution in [0.3, 0.4) is 0 Å². The van der Waals surface area contributed by atoms with Gasteiger partial charge in [-0.25, -0.2) is 9.59 Å². The number of nitrogens with two attached hydrogens (primary N) is 1. The Morgan fingerprint density at radius 2 is 0.628 bits per heavy atom. The predicted molar refractivity (Wildman–Crippen MR) is 529 cm³/mol. The summed E-state index contributed by atoms with van der Waals surface area (Å²) in [5, 5.41) is 45.1. The first-order valence-corrected chi connectivity index (χ1v) is 45.6. The van der Waals surface area contributed by atoms with Crippen molar-refractivity contribution in [3.05, 3.63) is 391 Å². The lowest BCUT2D eigenvalue weighted by atomic mass is 9.80. The fraction of sp³-hybridized carbons (Fsp3) is 0.273. The van der Waals surface area contributed by atoms with Gasteiger partial charge in [0.2, 0.25) is 0 Å². The van der Waals surface area contributed by atoms with Crippen molar-refractivity contribution in [2.45, 2.75) is 105 Å². The Hall–Kier alpha value is -15.3. The number of hydrogen-bond donors (Lipinski definition) is 6. The first-order chi connectivity index (χ1) is 66.0. The number of rotatable bonds is 42. The van der Waals surface area contributed by atoms with Crippen LogP contribution in [0.15, 0.2) is 304 Å². The lowest BCUT2D eigenvalue weighted by Crippen LogP contribution is -2.34. The smallest absolute Gasteiger partial charge is 0.338 e. The molecule has 1 aliphatic carbocycles. The number of carbonyl (C=O) groups excluding carboxylic acids is 5. The van der Waals surface area contributed by atoms with Crippen LogP contribution >= 0.6 is 0 Å². The van der Waals surface area contributed by atoms with Crippen LogP contribution in [0, 0.1) is 49.8 Å². The molecule has 7 N–H and O–H groups in total. The largest absolute Gasteiger partial charge is 0.491 e. The van der Waals surface area contributed by atoms with Crippen molar-refractivity contribution in [1.82, 2.24) is 0 Å². The summed E-state index contributed by atoms with van der Waals surface area (Å²) >= 11 is 0. The highest BCUT2D eigenvalue weighted by Crippen LogP contribution is 2.44. The lowest BCUT2D eigenvalue weighted by Gasteiger charge is -2.36. The van der Waals surface area contributed by atoms with Gasteiger partial charge in [0.1, 0.15) is 54.0 Å². The van der Waals surface area contributed by atoms with E-state index in [1.807, 2.05) is 237 Å². The number of benzene rings is 12. The number of amides is 4. The van der Waals surface area contributed by atoms with E-state index in [0.717, 1.165) is 39.3 Å². The minimum absolute atomic E-state index is 0.00417. The minimum Gasteiger partial charge on any atom is -0.491 e. The highest BCUT2D eigenvalue weighted by atomic mass is 16.6. The monoisotopic (exact) mass is 1860 g/mol. The van der Waals surface area contributed by atoms with Gasteiger partial charge < -0.3 is 74.7 Å². The summed E-state index contributed by atoms with van der Waals surface area (Å²) in [7, 11) is 0. The molecular formula is C110H117N7O20. The molecule has 1 fully saturated rings. The molecule has 0 spiro atoms. The number of hydrogen-bond acceptors (Lipinski definition) is 20. The molecule has 0 aliphatic heterocycles. The molecule has 12 aromatic rings. The highest BCUT2D eigenvalue weighted by molar-refractivity contribution is 6.10. The van der Waals surface area contributed by atoms with Crippen molar-refractivity contribution in [2.24, 2.45) is 35.3 Å². The van der Waals surface area contributed by atoms with Crippen LogP contribution in [-0.4, -0.2) is 116 Å². The van der Waals surface area contributed by atoms with Crippen molar-refractivity contribution in [3.63, 3.8) is 0 Å². The first kappa shape index (κ1) is 102. The summed E-state index contributed by atoms with van der Waals surface area (Å²) in [6, 6.07) is 84.8. The number of nitro groups is 2. The first-order valence-electron chi connectivity index (χ1n) is 45.6. The predicted octanol–water partition coefficient (Wildman–Crippen LogP) is 22.7. The molecule has 0 bridgehead atoms. The van der Waals surface area contributed by atoms with Crippen LogP contribution in [0.4, 0.5) is 34.1 Å². The van der Waals surface area contributed by atoms with Crippen LogP contribution in [0.2, 0.25) is 0 Å². The number of carboxylic acid groups (broad SMARTS) is 1. The number of aromatic carboxylic acids is 1. The van der Waals surface area contributed by atoms with Crippen LogP contribution in [-0.2, 0) is 25.4 Å². The van der Waals surface area contributed by atoms with E-state index >= 15 is 0 Å². The van der Waals surface area contributed by atoms with Crippen LogP contribution in [0.5, 0.6) is 34.5 Å². The summed E-state index contributed by atoms with van der Waals surface area (Å²) in [6.45, 7) is 22.6. The third-order valence-corrected chi connectivity index (χ3v) is 21.8. The zero-order valence-electron chi connectivity index (χ0n) is 78.3. The second kappa shape index (κ2) is 50.1. The topological polar surface area (TPSA) is 366 Å². The molecule has 0 saturated heterocycles. The van der Waals surface area contributed by atoms with Crippen LogP contribution in [0.1, 0.15) is 184 Å². The van der Waals surface area contributed by atoms with Gasteiger partial charge in [-0.3, -0.25) is 39.4 Å². The van der Waals surface area contributed by atoms with Gasteiger partial charge in [0.25, 0.3) is 23.6 Å². The van der Waals surface area contributed by atoms with Crippen LogP contribution in [0.25, 0.3) is 0 Å². The molecule has 1 aliphatic rings. The van der Waals surface area contributed by atoms with Gasteiger partial charge in [-0.1, -0.05) is 257 Å². The molecule has 12 aromatic carbocycles. The van der Waals surface area contributed by atoms with Gasteiger partial charge in [0, 0.05) is 52.6 Å². The second-order valence-electron chi connectivity index (χ2n) is 34.5. The Bertz CT molecular complexity index is 5860. The van der Waals surface area contributed by atoms with Gasteiger partial charge in [-0.15, -0.1) is 0 Å². The summed E-state index contributed by atoms with van der Waals surface area (Å²) in [5.41, 5.74) is 10.1. The molecule has 4 amide bonds. The van der Waals surface area contributed by atoms with Crippen molar-refractivity contribution >= 4 is 69.7 Å². The van der Waals surface area contributed by atoms with E-state index in [9.17, 15) is 54.1 Å². The molecule has 0 aromatic heterocycles. The molecule has 13 rings (SSSR count).